The van der Waals surface area contributed by atoms with Gasteiger partial charge in [0, 0.05) is 18.8 Å². The normalized spacial score (nSPS) is 10.6. The molecule has 0 bridgehead atoms. The number of hydrogen-bond donors (Lipinski definition) is 0. The number of nitriles is 2. The van der Waals surface area contributed by atoms with E-state index < -0.39 is 5.97 Å². The summed E-state index contributed by atoms with van der Waals surface area (Å²) in [6, 6.07) is 10.1. The monoisotopic (exact) mass is 409 g/mol. The minimum absolute atomic E-state index is 0.243. The van der Waals surface area contributed by atoms with Crippen LogP contribution in [-0.2, 0) is 4.74 Å². The molecular weight excluding hydrogens is 386 g/mol. The highest BCUT2D eigenvalue weighted by molar-refractivity contribution is 7.16. The van der Waals surface area contributed by atoms with Crippen LogP contribution in [-0.4, -0.2) is 25.7 Å². The van der Waals surface area contributed by atoms with Crippen LogP contribution in [0.15, 0.2) is 28.4 Å². The molecule has 0 saturated heterocycles. The van der Waals surface area contributed by atoms with Crippen LogP contribution >= 0.6 is 11.3 Å². The standard InChI is InChI=1S/C21H23N5O2S/c1-5-26(11-7-10-22)16-8-9-17(14(3)12-16)24-25-20-19(21(27)28-6-2)15(4)18(13-23)29-20/h8-9,12H,5-7,11H2,1-4H3. The van der Waals surface area contributed by atoms with E-state index in [0.29, 0.717) is 39.7 Å². The van der Waals surface area contributed by atoms with Crippen molar-refractivity contribution in [1.29, 1.82) is 10.5 Å². The molecule has 0 aliphatic carbocycles. The van der Waals surface area contributed by atoms with E-state index in [0.717, 1.165) is 29.1 Å². The van der Waals surface area contributed by atoms with Crippen molar-refractivity contribution in [3.8, 4) is 12.1 Å². The zero-order valence-electron chi connectivity index (χ0n) is 17.0. The highest BCUT2D eigenvalue weighted by Gasteiger charge is 2.22. The van der Waals surface area contributed by atoms with E-state index in [2.05, 4.69) is 27.3 Å². The molecule has 0 aliphatic heterocycles. The lowest BCUT2D eigenvalue weighted by molar-refractivity contribution is 0.0527. The quantitative estimate of drug-likeness (QED) is 0.419. The van der Waals surface area contributed by atoms with E-state index >= 15 is 0 Å². The lowest BCUT2D eigenvalue weighted by Gasteiger charge is -2.22. The number of hydrogen-bond acceptors (Lipinski definition) is 8. The maximum absolute atomic E-state index is 12.3. The SMILES string of the molecule is CCOC(=O)c1c(N=Nc2ccc(N(CC)CCC#N)cc2C)sc(C#N)c1C. The molecule has 7 nitrogen and oxygen atoms in total. The smallest absolute Gasteiger partial charge is 0.341 e. The van der Waals surface area contributed by atoms with E-state index in [-0.39, 0.29) is 6.61 Å². The summed E-state index contributed by atoms with van der Waals surface area (Å²) < 4.78 is 5.10. The Hall–Kier alpha value is -3.23. The van der Waals surface area contributed by atoms with Gasteiger partial charge in [-0.05, 0) is 57.0 Å². The number of nitrogens with zero attached hydrogens (tertiary/aromatic N) is 5. The van der Waals surface area contributed by atoms with Crippen LogP contribution in [0.4, 0.5) is 16.4 Å². The van der Waals surface area contributed by atoms with E-state index in [1.165, 1.54) is 0 Å². The summed E-state index contributed by atoms with van der Waals surface area (Å²) in [6.07, 6.45) is 0.462. The van der Waals surface area contributed by atoms with Gasteiger partial charge in [0.2, 0.25) is 0 Å². The molecule has 150 valence electrons. The Labute approximate surface area is 174 Å². The van der Waals surface area contributed by atoms with Gasteiger partial charge in [-0.2, -0.15) is 10.5 Å². The lowest BCUT2D eigenvalue weighted by atomic mass is 10.1. The second-order valence-electron chi connectivity index (χ2n) is 6.23. The third kappa shape index (κ3) is 5.18. The Morgan fingerprint density at radius 3 is 2.59 bits per heavy atom. The molecule has 0 spiro atoms. The molecule has 29 heavy (non-hydrogen) atoms. The molecule has 0 amide bonds. The molecule has 0 saturated carbocycles. The molecule has 8 heteroatoms. The van der Waals surface area contributed by atoms with Gasteiger partial charge in [0.1, 0.15) is 16.5 Å². The molecule has 1 heterocycles. The average Bonchev–Trinajstić information content (AvgIpc) is 3.03. The first kappa shape index (κ1) is 22.1. The fourth-order valence-electron chi connectivity index (χ4n) is 2.82. The minimum Gasteiger partial charge on any atom is -0.462 e. The molecule has 0 radical (unpaired) electrons. The molecule has 1 aromatic carbocycles. The summed E-state index contributed by atoms with van der Waals surface area (Å²) in [5, 5.41) is 27.0. The second kappa shape index (κ2) is 10.4. The van der Waals surface area contributed by atoms with Crippen LogP contribution in [0.2, 0.25) is 0 Å². The van der Waals surface area contributed by atoms with Crippen LogP contribution in [0.25, 0.3) is 0 Å². The highest BCUT2D eigenvalue weighted by atomic mass is 32.1. The molecule has 0 unspecified atom stereocenters. The molecule has 0 fully saturated rings. The fourth-order valence-corrected chi connectivity index (χ4v) is 3.74. The van der Waals surface area contributed by atoms with Gasteiger partial charge in [-0.3, -0.25) is 0 Å². The van der Waals surface area contributed by atoms with E-state index in [9.17, 15) is 10.1 Å². The zero-order chi connectivity index (χ0) is 21.4. The third-order valence-corrected chi connectivity index (χ3v) is 5.46. The molecule has 0 aliphatic rings. The number of aryl methyl sites for hydroxylation is 1. The van der Waals surface area contributed by atoms with Crippen LogP contribution in [0.3, 0.4) is 0 Å². The number of rotatable bonds is 8. The molecule has 2 aromatic rings. The predicted molar refractivity (Wildman–Crippen MR) is 113 cm³/mol. The number of anilines is 1. The summed E-state index contributed by atoms with van der Waals surface area (Å²) in [6.45, 7) is 9.13. The third-order valence-electron chi connectivity index (χ3n) is 4.38. The fraction of sp³-hybridized carbons (Fsp3) is 0.381. The van der Waals surface area contributed by atoms with Gasteiger partial charge >= 0.3 is 5.97 Å². The summed E-state index contributed by atoms with van der Waals surface area (Å²) in [5.74, 6) is -0.500. The number of thiophene rings is 1. The molecule has 2 rings (SSSR count). The van der Waals surface area contributed by atoms with Crippen LogP contribution in [0, 0.1) is 36.5 Å². The Kier molecular flexibility index (Phi) is 7.88. The van der Waals surface area contributed by atoms with E-state index in [1.54, 1.807) is 13.8 Å². The number of ether oxygens (including phenoxy) is 1. The lowest BCUT2D eigenvalue weighted by Crippen LogP contribution is -2.23. The Balaban J connectivity index is 2.34. The van der Waals surface area contributed by atoms with Gasteiger partial charge in [-0.25, -0.2) is 4.79 Å². The second-order valence-corrected chi connectivity index (χ2v) is 7.23. The van der Waals surface area contributed by atoms with Crippen LogP contribution in [0.1, 0.15) is 46.6 Å². The van der Waals surface area contributed by atoms with Gasteiger partial charge in [0.05, 0.1) is 24.8 Å². The number of carbonyl (C=O) groups excluding carboxylic acids is 1. The van der Waals surface area contributed by atoms with Crippen molar-refractivity contribution >= 4 is 33.7 Å². The van der Waals surface area contributed by atoms with Crippen LogP contribution in [0.5, 0.6) is 0 Å². The van der Waals surface area contributed by atoms with Crippen molar-refractivity contribution < 1.29 is 9.53 Å². The van der Waals surface area contributed by atoms with E-state index in [4.69, 9.17) is 10.00 Å². The average molecular weight is 410 g/mol. The van der Waals surface area contributed by atoms with Gasteiger partial charge in [0.25, 0.3) is 0 Å². The minimum atomic E-state index is -0.500. The van der Waals surface area contributed by atoms with Crippen LogP contribution < -0.4 is 4.90 Å². The summed E-state index contributed by atoms with van der Waals surface area (Å²) in [7, 11) is 0. The first-order valence-electron chi connectivity index (χ1n) is 9.31. The number of esters is 1. The predicted octanol–water partition coefficient (Wildman–Crippen LogP) is 5.57. The van der Waals surface area contributed by atoms with Gasteiger partial charge in [-0.15, -0.1) is 21.6 Å². The Morgan fingerprint density at radius 2 is 2.00 bits per heavy atom. The molecule has 0 atom stereocenters. The number of benzene rings is 1. The molecule has 1 aromatic heterocycles. The summed E-state index contributed by atoms with van der Waals surface area (Å²) in [4.78, 5) is 14.8. The van der Waals surface area contributed by atoms with Gasteiger partial charge < -0.3 is 9.64 Å². The largest absolute Gasteiger partial charge is 0.462 e. The molecule has 0 N–H and O–H groups in total. The van der Waals surface area contributed by atoms with Crippen molar-refractivity contribution in [2.75, 3.05) is 24.6 Å². The Bertz CT molecular complexity index is 998. The first-order valence-corrected chi connectivity index (χ1v) is 10.1. The van der Waals surface area contributed by atoms with E-state index in [1.807, 2.05) is 32.0 Å². The zero-order valence-corrected chi connectivity index (χ0v) is 17.8. The Morgan fingerprint density at radius 1 is 1.24 bits per heavy atom. The first-order chi connectivity index (χ1) is 14.0. The maximum Gasteiger partial charge on any atom is 0.341 e. The summed E-state index contributed by atoms with van der Waals surface area (Å²) >= 11 is 1.12. The number of azo groups is 1. The van der Waals surface area contributed by atoms with Crippen molar-refractivity contribution in [3.05, 3.63) is 39.8 Å². The topological polar surface area (TPSA) is 102 Å². The van der Waals surface area contributed by atoms with Crippen molar-refractivity contribution in [1.82, 2.24) is 0 Å². The number of carbonyl (C=O) groups is 1. The summed E-state index contributed by atoms with van der Waals surface area (Å²) in [5.41, 5.74) is 3.47. The van der Waals surface area contributed by atoms with Crippen molar-refractivity contribution in [2.45, 2.75) is 34.1 Å². The van der Waals surface area contributed by atoms with Gasteiger partial charge in [0.15, 0.2) is 5.00 Å². The maximum atomic E-state index is 12.3. The van der Waals surface area contributed by atoms with Crippen molar-refractivity contribution in [2.24, 2.45) is 10.2 Å². The molecular formula is C21H23N5O2S. The highest BCUT2D eigenvalue weighted by Crippen LogP contribution is 2.37. The van der Waals surface area contributed by atoms with Crippen molar-refractivity contribution in [3.63, 3.8) is 0 Å². The van der Waals surface area contributed by atoms with Gasteiger partial charge in [-0.1, -0.05) is 0 Å².